The molecule has 0 aromatic carbocycles. The molecule has 0 heterocycles. The number of hydrogen-bond acceptors (Lipinski definition) is 4. The molecular weight excluding hydrogens is 186 g/mol. The normalized spacial score (nSPS) is 18.4. The minimum absolute atomic E-state index is 0.157. The second-order valence-electron chi connectivity index (χ2n) is 3.63. The van der Waals surface area contributed by atoms with Gasteiger partial charge in [0.25, 0.3) is 0 Å². The van der Waals surface area contributed by atoms with Crippen LogP contribution in [0.2, 0.25) is 0 Å². The molecular formula is C8H17N3O3. The van der Waals surface area contributed by atoms with E-state index in [9.17, 15) is 0 Å². The number of aliphatic hydroxyl groups is 3. The van der Waals surface area contributed by atoms with Crippen molar-refractivity contribution in [3.8, 4) is 0 Å². The van der Waals surface area contributed by atoms with Crippen molar-refractivity contribution in [2.75, 3.05) is 19.8 Å². The molecule has 0 aromatic rings. The van der Waals surface area contributed by atoms with Gasteiger partial charge in [0.15, 0.2) is 5.96 Å². The number of hydrogen-bond donors (Lipinski definition) is 5. The lowest BCUT2D eigenvalue weighted by molar-refractivity contribution is 0.0555. The van der Waals surface area contributed by atoms with Crippen molar-refractivity contribution in [1.29, 1.82) is 0 Å². The Morgan fingerprint density at radius 2 is 1.79 bits per heavy atom. The number of aliphatic imine (C=N–C) groups is 1. The minimum atomic E-state index is -1.18. The van der Waals surface area contributed by atoms with E-state index in [-0.39, 0.29) is 12.0 Å². The first-order chi connectivity index (χ1) is 6.65. The van der Waals surface area contributed by atoms with E-state index in [1.54, 1.807) is 0 Å². The lowest BCUT2D eigenvalue weighted by Gasteiger charge is -2.29. The van der Waals surface area contributed by atoms with E-state index in [4.69, 9.17) is 21.1 Å². The van der Waals surface area contributed by atoms with Gasteiger partial charge in [-0.15, -0.1) is 0 Å². The highest BCUT2D eigenvalue weighted by Gasteiger charge is 2.29. The zero-order valence-corrected chi connectivity index (χ0v) is 7.98. The summed E-state index contributed by atoms with van der Waals surface area (Å²) in [6.07, 6.45) is 2.04. The molecule has 6 N–H and O–H groups in total. The van der Waals surface area contributed by atoms with Crippen LogP contribution in [0, 0.1) is 0 Å². The van der Waals surface area contributed by atoms with Gasteiger partial charge in [0.2, 0.25) is 0 Å². The lowest BCUT2D eigenvalue weighted by Crippen LogP contribution is -2.59. The monoisotopic (exact) mass is 203 g/mol. The molecule has 0 aromatic heterocycles. The molecule has 1 aliphatic carbocycles. The smallest absolute Gasteiger partial charge is 0.189 e. The third-order valence-corrected chi connectivity index (χ3v) is 2.17. The van der Waals surface area contributed by atoms with Crippen molar-refractivity contribution in [3.05, 3.63) is 0 Å². The van der Waals surface area contributed by atoms with Crippen LogP contribution in [0.3, 0.4) is 0 Å². The Balaban J connectivity index is 2.52. The Labute approximate surface area is 82.5 Å². The zero-order valence-electron chi connectivity index (χ0n) is 7.98. The number of rotatable bonds is 5. The topological polar surface area (TPSA) is 111 Å². The molecule has 0 atom stereocenters. The van der Waals surface area contributed by atoms with Crippen molar-refractivity contribution in [3.63, 3.8) is 0 Å². The first-order valence-electron chi connectivity index (χ1n) is 4.60. The van der Waals surface area contributed by atoms with Gasteiger partial charge in [-0.05, 0) is 12.8 Å². The van der Waals surface area contributed by atoms with Gasteiger partial charge >= 0.3 is 0 Å². The molecule has 14 heavy (non-hydrogen) atoms. The van der Waals surface area contributed by atoms with E-state index in [2.05, 4.69) is 10.3 Å². The molecule has 0 unspecified atom stereocenters. The van der Waals surface area contributed by atoms with Crippen LogP contribution in [0.25, 0.3) is 0 Å². The summed E-state index contributed by atoms with van der Waals surface area (Å²) >= 11 is 0. The SMILES string of the molecule is NC(=NC1CC1)NC(CO)(CO)CO. The highest BCUT2D eigenvalue weighted by atomic mass is 16.3. The Hall–Kier alpha value is -0.850. The quantitative estimate of drug-likeness (QED) is 0.256. The Morgan fingerprint density at radius 3 is 2.14 bits per heavy atom. The summed E-state index contributed by atoms with van der Waals surface area (Å²) in [5, 5.41) is 29.6. The van der Waals surface area contributed by atoms with Crippen LogP contribution in [0.15, 0.2) is 4.99 Å². The molecule has 0 aliphatic heterocycles. The molecule has 82 valence electrons. The lowest BCUT2D eigenvalue weighted by atomic mass is 10.0. The molecule has 6 nitrogen and oxygen atoms in total. The maximum absolute atomic E-state index is 8.98. The minimum Gasteiger partial charge on any atom is -0.394 e. The summed E-state index contributed by atoms with van der Waals surface area (Å²) in [5.74, 6) is 0.157. The van der Waals surface area contributed by atoms with Gasteiger partial charge in [0.1, 0.15) is 5.54 Å². The average Bonchev–Trinajstić information content (AvgIpc) is 2.98. The zero-order chi connectivity index (χ0) is 10.6. The fourth-order valence-electron chi connectivity index (χ4n) is 0.973. The summed E-state index contributed by atoms with van der Waals surface area (Å²) in [4.78, 5) is 4.07. The fourth-order valence-corrected chi connectivity index (χ4v) is 0.973. The van der Waals surface area contributed by atoms with Crippen molar-refractivity contribution < 1.29 is 15.3 Å². The van der Waals surface area contributed by atoms with Crippen molar-refractivity contribution >= 4 is 5.96 Å². The standard InChI is InChI=1S/C8H17N3O3/c9-7(10-6-1-2-6)11-8(3-12,4-13)5-14/h6,12-14H,1-5H2,(H3,9,10,11). The molecule has 0 spiro atoms. The molecule has 1 rings (SSSR count). The highest BCUT2D eigenvalue weighted by Crippen LogP contribution is 2.23. The summed E-state index contributed by atoms with van der Waals surface area (Å²) in [7, 11) is 0. The molecule has 0 amide bonds. The van der Waals surface area contributed by atoms with E-state index < -0.39 is 25.4 Å². The van der Waals surface area contributed by atoms with Gasteiger partial charge in [-0.1, -0.05) is 0 Å². The third kappa shape index (κ3) is 2.83. The second-order valence-corrected chi connectivity index (χ2v) is 3.63. The van der Waals surface area contributed by atoms with Crippen LogP contribution in [0.1, 0.15) is 12.8 Å². The van der Waals surface area contributed by atoms with E-state index in [1.807, 2.05) is 0 Å². The van der Waals surface area contributed by atoms with Gasteiger partial charge < -0.3 is 26.4 Å². The number of nitrogens with two attached hydrogens (primary N) is 1. The largest absolute Gasteiger partial charge is 0.394 e. The summed E-state index contributed by atoms with van der Waals surface area (Å²) in [6, 6.07) is 0.260. The van der Waals surface area contributed by atoms with E-state index in [1.165, 1.54) is 0 Å². The molecule has 1 saturated carbocycles. The average molecular weight is 203 g/mol. The van der Waals surface area contributed by atoms with E-state index in [0.717, 1.165) is 12.8 Å². The molecule has 0 saturated heterocycles. The van der Waals surface area contributed by atoms with Crippen LogP contribution in [-0.4, -0.2) is 52.7 Å². The summed E-state index contributed by atoms with van der Waals surface area (Å²) < 4.78 is 0. The van der Waals surface area contributed by atoms with Gasteiger partial charge in [-0.25, -0.2) is 0 Å². The van der Waals surface area contributed by atoms with Gasteiger partial charge in [0, 0.05) is 0 Å². The Bertz CT molecular complexity index is 204. The molecule has 0 bridgehead atoms. The van der Waals surface area contributed by atoms with Crippen molar-refractivity contribution in [2.24, 2.45) is 10.7 Å². The first-order valence-corrected chi connectivity index (χ1v) is 4.60. The predicted molar refractivity (Wildman–Crippen MR) is 51.8 cm³/mol. The number of nitrogens with zero attached hydrogens (tertiary/aromatic N) is 1. The maximum atomic E-state index is 8.98. The van der Waals surface area contributed by atoms with E-state index >= 15 is 0 Å². The number of guanidine groups is 1. The number of nitrogens with one attached hydrogen (secondary N) is 1. The summed E-state index contributed by atoms with van der Waals surface area (Å²) in [6.45, 7) is -1.21. The van der Waals surface area contributed by atoms with E-state index in [0.29, 0.717) is 0 Å². The molecule has 6 heteroatoms. The molecule has 0 radical (unpaired) electrons. The summed E-state index contributed by atoms with van der Waals surface area (Å²) in [5.41, 5.74) is 4.35. The third-order valence-electron chi connectivity index (χ3n) is 2.17. The molecule has 1 aliphatic rings. The van der Waals surface area contributed by atoms with Gasteiger partial charge in [0.05, 0.1) is 25.9 Å². The van der Waals surface area contributed by atoms with Crippen LogP contribution >= 0.6 is 0 Å². The van der Waals surface area contributed by atoms with Crippen LogP contribution < -0.4 is 11.1 Å². The van der Waals surface area contributed by atoms with Gasteiger partial charge in [-0.3, -0.25) is 4.99 Å². The predicted octanol–water partition coefficient (Wildman–Crippen LogP) is -2.23. The van der Waals surface area contributed by atoms with Crippen LogP contribution in [0.4, 0.5) is 0 Å². The maximum Gasteiger partial charge on any atom is 0.189 e. The second kappa shape index (κ2) is 4.59. The Morgan fingerprint density at radius 1 is 1.29 bits per heavy atom. The molecule has 1 fully saturated rings. The highest BCUT2D eigenvalue weighted by molar-refractivity contribution is 5.79. The van der Waals surface area contributed by atoms with Crippen molar-refractivity contribution in [2.45, 2.75) is 24.4 Å². The van der Waals surface area contributed by atoms with Gasteiger partial charge in [-0.2, -0.15) is 0 Å². The van der Waals surface area contributed by atoms with Crippen LogP contribution in [-0.2, 0) is 0 Å². The number of aliphatic hydroxyl groups excluding tert-OH is 3. The van der Waals surface area contributed by atoms with Crippen molar-refractivity contribution in [1.82, 2.24) is 5.32 Å². The first kappa shape index (κ1) is 11.2. The fraction of sp³-hybridized carbons (Fsp3) is 0.875. The van der Waals surface area contributed by atoms with Crippen LogP contribution in [0.5, 0.6) is 0 Å². The Kier molecular flexibility index (Phi) is 3.68.